The summed E-state index contributed by atoms with van der Waals surface area (Å²) in [6.07, 6.45) is 1.10. The molecule has 0 amide bonds. The van der Waals surface area contributed by atoms with E-state index in [9.17, 15) is 9.50 Å². The number of aliphatic hydroxyl groups excluding tert-OH is 1. The highest BCUT2D eigenvalue weighted by Crippen LogP contribution is 2.22. The van der Waals surface area contributed by atoms with E-state index < -0.39 is 0 Å². The number of benzene rings is 2. The molecule has 21 heavy (non-hydrogen) atoms. The number of hydrogen-bond acceptors (Lipinski definition) is 2. The maximum absolute atomic E-state index is 13.8. The van der Waals surface area contributed by atoms with Crippen molar-refractivity contribution in [2.24, 2.45) is 5.92 Å². The quantitative estimate of drug-likeness (QED) is 0.877. The summed E-state index contributed by atoms with van der Waals surface area (Å²) in [5.74, 6) is 0.423. The van der Waals surface area contributed by atoms with E-state index in [-0.39, 0.29) is 18.3 Å². The number of methoxy groups -OCH3 is 1. The molecule has 2 aromatic carbocycles. The number of hydrogen-bond donors (Lipinski definition) is 1. The van der Waals surface area contributed by atoms with Gasteiger partial charge in [0.15, 0.2) is 0 Å². The molecule has 0 saturated heterocycles. The molecular weight excluding hydrogens is 291 g/mol. The van der Waals surface area contributed by atoms with Gasteiger partial charge in [-0.1, -0.05) is 23.7 Å². The topological polar surface area (TPSA) is 29.5 Å². The third kappa shape index (κ3) is 4.45. The molecule has 0 radical (unpaired) electrons. The molecule has 0 aliphatic heterocycles. The lowest BCUT2D eigenvalue weighted by Gasteiger charge is -2.15. The van der Waals surface area contributed by atoms with Crippen molar-refractivity contribution in [2.75, 3.05) is 13.7 Å². The molecule has 1 N–H and O–H groups in total. The van der Waals surface area contributed by atoms with E-state index >= 15 is 0 Å². The van der Waals surface area contributed by atoms with Gasteiger partial charge < -0.3 is 9.84 Å². The van der Waals surface area contributed by atoms with Gasteiger partial charge in [0.2, 0.25) is 0 Å². The molecule has 2 nitrogen and oxygen atoms in total. The van der Waals surface area contributed by atoms with Crippen LogP contribution >= 0.6 is 11.6 Å². The van der Waals surface area contributed by atoms with Gasteiger partial charge in [0.25, 0.3) is 0 Å². The van der Waals surface area contributed by atoms with E-state index in [4.69, 9.17) is 16.3 Å². The Morgan fingerprint density at radius 1 is 1.19 bits per heavy atom. The van der Waals surface area contributed by atoms with Crippen LogP contribution in [-0.4, -0.2) is 18.8 Å². The molecule has 1 unspecified atom stereocenters. The molecular formula is C17H18ClFO2. The first-order valence-electron chi connectivity index (χ1n) is 6.80. The molecule has 0 heterocycles. The Morgan fingerprint density at radius 2 is 2.00 bits per heavy atom. The first kappa shape index (κ1) is 15.8. The number of aliphatic hydroxyl groups is 1. The van der Waals surface area contributed by atoms with Gasteiger partial charge >= 0.3 is 0 Å². The van der Waals surface area contributed by atoms with E-state index in [1.165, 1.54) is 12.1 Å². The summed E-state index contributed by atoms with van der Waals surface area (Å²) < 4.78 is 18.9. The summed E-state index contributed by atoms with van der Waals surface area (Å²) >= 11 is 5.90. The molecule has 0 aliphatic carbocycles. The maximum atomic E-state index is 13.8. The molecule has 0 bridgehead atoms. The van der Waals surface area contributed by atoms with E-state index in [2.05, 4.69) is 0 Å². The van der Waals surface area contributed by atoms with Crippen LogP contribution in [0.3, 0.4) is 0 Å². The second kappa shape index (κ2) is 7.43. The van der Waals surface area contributed by atoms with Crippen LogP contribution in [0, 0.1) is 11.7 Å². The SMILES string of the molecule is COc1cccc(CC(CO)Cc2cc(Cl)ccc2F)c1. The second-order valence-electron chi connectivity index (χ2n) is 5.04. The number of rotatable bonds is 6. The summed E-state index contributed by atoms with van der Waals surface area (Å²) in [5, 5.41) is 10.1. The van der Waals surface area contributed by atoms with E-state index in [0.717, 1.165) is 11.3 Å². The first-order chi connectivity index (χ1) is 10.1. The lowest BCUT2D eigenvalue weighted by molar-refractivity contribution is 0.224. The Hall–Kier alpha value is -1.58. The van der Waals surface area contributed by atoms with Gasteiger partial charge in [-0.05, 0) is 60.2 Å². The highest BCUT2D eigenvalue weighted by atomic mass is 35.5. The summed E-state index contributed by atoms with van der Waals surface area (Å²) in [4.78, 5) is 0. The Kier molecular flexibility index (Phi) is 5.59. The summed E-state index contributed by atoms with van der Waals surface area (Å²) in [7, 11) is 1.62. The highest BCUT2D eigenvalue weighted by Gasteiger charge is 2.13. The fraction of sp³-hybridized carbons (Fsp3) is 0.294. The van der Waals surface area contributed by atoms with Crippen molar-refractivity contribution in [1.82, 2.24) is 0 Å². The molecule has 4 heteroatoms. The standard InChI is InChI=1S/C17H18ClFO2/c1-21-16-4-2-3-12(9-16)7-13(11-20)8-14-10-15(18)5-6-17(14)19/h2-6,9-10,13,20H,7-8,11H2,1H3. The van der Waals surface area contributed by atoms with Crippen LogP contribution in [0.25, 0.3) is 0 Å². The van der Waals surface area contributed by atoms with Crippen LogP contribution in [0.4, 0.5) is 4.39 Å². The third-order valence-electron chi connectivity index (χ3n) is 3.43. The second-order valence-corrected chi connectivity index (χ2v) is 5.48. The molecule has 0 aromatic heterocycles. The lowest BCUT2D eigenvalue weighted by Crippen LogP contribution is -2.14. The zero-order chi connectivity index (χ0) is 15.2. The molecule has 0 aliphatic rings. The van der Waals surface area contributed by atoms with Crippen molar-refractivity contribution < 1.29 is 14.2 Å². The minimum Gasteiger partial charge on any atom is -0.497 e. The van der Waals surface area contributed by atoms with Gasteiger partial charge in [-0.3, -0.25) is 0 Å². The molecule has 0 saturated carbocycles. The average molecular weight is 309 g/mol. The summed E-state index contributed by atoms with van der Waals surface area (Å²) in [6, 6.07) is 12.2. The highest BCUT2D eigenvalue weighted by molar-refractivity contribution is 6.30. The Balaban J connectivity index is 2.10. The molecule has 1 atom stereocenters. The van der Waals surface area contributed by atoms with E-state index in [1.807, 2.05) is 24.3 Å². The van der Waals surface area contributed by atoms with Crippen LogP contribution in [0.2, 0.25) is 5.02 Å². The van der Waals surface area contributed by atoms with Crippen LogP contribution in [0.1, 0.15) is 11.1 Å². The number of ether oxygens (including phenoxy) is 1. The minimum atomic E-state index is -0.288. The normalized spacial score (nSPS) is 12.2. The minimum absolute atomic E-state index is 0.0108. The number of halogens is 2. The van der Waals surface area contributed by atoms with Crippen molar-refractivity contribution in [3.8, 4) is 5.75 Å². The van der Waals surface area contributed by atoms with Crippen LogP contribution < -0.4 is 4.74 Å². The molecule has 0 fully saturated rings. The van der Waals surface area contributed by atoms with Crippen molar-refractivity contribution in [3.05, 3.63) is 64.4 Å². The van der Waals surface area contributed by atoms with Crippen LogP contribution in [0.5, 0.6) is 5.75 Å². The smallest absolute Gasteiger partial charge is 0.126 e. The zero-order valence-electron chi connectivity index (χ0n) is 11.9. The summed E-state index contributed by atoms with van der Waals surface area (Å²) in [6.45, 7) is -0.0108. The van der Waals surface area contributed by atoms with Crippen molar-refractivity contribution in [2.45, 2.75) is 12.8 Å². The zero-order valence-corrected chi connectivity index (χ0v) is 12.6. The predicted octanol–water partition coefficient (Wildman–Crippen LogP) is 3.88. The molecule has 2 aromatic rings. The first-order valence-corrected chi connectivity index (χ1v) is 7.18. The predicted molar refractivity (Wildman–Crippen MR) is 82.4 cm³/mol. The van der Waals surface area contributed by atoms with Crippen molar-refractivity contribution in [3.63, 3.8) is 0 Å². The van der Waals surface area contributed by atoms with Gasteiger partial charge in [-0.2, -0.15) is 0 Å². The Bertz CT molecular complexity index is 601. The van der Waals surface area contributed by atoms with Gasteiger partial charge in [-0.15, -0.1) is 0 Å². The van der Waals surface area contributed by atoms with Crippen LogP contribution in [0.15, 0.2) is 42.5 Å². The third-order valence-corrected chi connectivity index (χ3v) is 3.67. The lowest BCUT2D eigenvalue weighted by atomic mass is 9.93. The Morgan fingerprint density at radius 3 is 2.71 bits per heavy atom. The van der Waals surface area contributed by atoms with Gasteiger partial charge in [0.1, 0.15) is 11.6 Å². The van der Waals surface area contributed by atoms with E-state index in [0.29, 0.717) is 23.4 Å². The fourth-order valence-corrected chi connectivity index (χ4v) is 2.54. The van der Waals surface area contributed by atoms with E-state index in [1.54, 1.807) is 13.2 Å². The average Bonchev–Trinajstić information content (AvgIpc) is 2.50. The van der Waals surface area contributed by atoms with Crippen molar-refractivity contribution in [1.29, 1.82) is 0 Å². The van der Waals surface area contributed by atoms with Gasteiger partial charge in [0, 0.05) is 11.6 Å². The fourth-order valence-electron chi connectivity index (χ4n) is 2.34. The molecule has 112 valence electrons. The Labute approximate surface area is 129 Å². The summed E-state index contributed by atoms with van der Waals surface area (Å²) in [5.41, 5.74) is 1.58. The largest absolute Gasteiger partial charge is 0.497 e. The van der Waals surface area contributed by atoms with Crippen LogP contribution in [-0.2, 0) is 12.8 Å². The van der Waals surface area contributed by atoms with Gasteiger partial charge in [0.05, 0.1) is 7.11 Å². The molecule has 2 rings (SSSR count). The molecule has 0 spiro atoms. The maximum Gasteiger partial charge on any atom is 0.126 e. The van der Waals surface area contributed by atoms with Gasteiger partial charge in [-0.25, -0.2) is 4.39 Å². The van der Waals surface area contributed by atoms with Crippen molar-refractivity contribution >= 4 is 11.6 Å². The monoisotopic (exact) mass is 308 g/mol.